The number of ketones is 2. The minimum Gasteiger partial charge on any atom is -0.324 e. The predicted molar refractivity (Wildman–Crippen MR) is 106 cm³/mol. The van der Waals surface area contributed by atoms with Gasteiger partial charge in [0.05, 0.1) is 5.56 Å². The first-order valence-electron chi connectivity index (χ1n) is 8.55. The number of carbonyl (C=O) groups excluding carboxylic acids is 3. The van der Waals surface area contributed by atoms with Crippen LogP contribution in [0.25, 0.3) is 0 Å². The van der Waals surface area contributed by atoms with Crippen LogP contribution in [0, 0.1) is 0 Å². The molecule has 0 aliphatic rings. The van der Waals surface area contributed by atoms with E-state index in [0.29, 0.717) is 22.8 Å². The molecule has 0 radical (unpaired) electrons. The van der Waals surface area contributed by atoms with Crippen molar-refractivity contribution in [2.24, 2.45) is 0 Å². The standard InChI is InChI=1S/C21H18N4O3/c1-13(26)15-6-8-18(9-7-15)25-21-22-11-17(12-23-21)20(28)24-19-5-3-4-16(10-19)14(2)27/h3-12H,1-2H3,(H,24,28)(H,22,23,25). The van der Waals surface area contributed by atoms with Gasteiger partial charge < -0.3 is 10.6 Å². The van der Waals surface area contributed by atoms with Gasteiger partial charge in [-0.25, -0.2) is 9.97 Å². The van der Waals surface area contributed by atoms with Crippen LogP contribution >= 0.6 is 0 Å². The molecule has 2 aromatic carbocycles. The Hall–Kier alpha value is -3.87. The number of rotatable bonds is 6. The lowest BCUT2D eigenvalue weighted by Crippen LogP contribution is -2.13. The maximum atomic E-state index is 12.3. The Labute approximate surface area is 161 Å². The predicted octanol–water partition coefficient (Wildman–Crippen LogP) is 3.88. The average molecular weight is 374 g/mol. The Morgan fingerprint density at radius 2 is 1.39 bits per heavy atom. The van der Waals surface area contributed by atoms with Gasteiger partial charge in [0, 0.05) is 34.9 Å². The fraction of sp³-hybridized carbons (Fsp3) is 0.0952. The third-order valence-electron chi connectivity index (χ3n) is 3.99. The lowest BCUT2D eigenvalue weighted by Gasteiger charge is -2.08. The molecule has 0 fully saturated rings. The fourth-order valence-electron chi connectivity index (χ4n) is 2.45. The van der Waals surface area contributed by atoms with Gasteiger partial charge in [0.2, 0.25) is 5.95 Å². The zero-order valence-electron chi connectivity index (χ0n) is 15.4. The first-order valence-corrected chi connectivity index (χ1v) is 8.55. The highest BCUT2D eigenvalue weighted by Crippen LogP contribution is 2.15. The number of hydrogen-bond donors (Lipinski definition) is 2. The Kier molecular flexibility index (Phi) is 5.55. The number of benzene rings is 2. The van der Waals surface area contributed by atoms with Crippen LogP contribution in [0.15, 0.2) is 60.9 Å². The Morgan fingerprint density at radius 3 is 2.00 bits per heavy atom. The average Bonchev–Trinajstić information content (AvgIpc) is 2.69. The minimum absolute atomic E-state index is 0.00740. The summed E-state index contributed by atoms with van der Waals surface area (Å²) in [5.74, 6) is -0.137. The third kappa shape index (κ3) is 4.64. The maximum Gasteiger partial charge on any atom is 0.258 e. The van der Waals surface area contributed by atoms with Crippen LogP contribution in [0.5, 0.6) is 0 Å². The largest absolute Gasteiger partial charge is 0.324 e. The van der Waals surface area contributed by atoms with E-state index in [2.05, 4.69) is 20.6 Å². The zero-order valence-corrected chi connectivity index (χ0v) is 15.4. The highest BCUT2D eigenvalue weighted by Gasteiger charge is 2.09. The second-order valence-electron chi connectivity index (χ2n) is 6.14. The molecule has 1 aromatic heterocycles. The molecule has 28 heavy (non-hydrogen) atoms. The van der Waals surface area contributed by atoms with Crippen LogP contribution in [0.2, 0.25) is 0 Å². The van der Waals surface area contributed by atoms with Crippen molar-refractivity contribution in [1.29, 1.82) is 0 Å². The molecule has 2 N–H and O–H groups in total. The van der Waals surface area contributed by atoms with Crippen molar-refractivity contribution in [2.75, 3.05) is 10.6 Å². The third-order valence-corrected chi connectivity index (χ3v) is 3.99. The van der Waals surface area contributed by atoms with E-state index in [1.54, 1.807) is 48.5 Å². The minimum atomic E-state index is -0.377. The van der Waals surface area contributed by atoms with E-state index in [9.17, 15) is 14.4 Å². The molecule has 7 heteroatoms. The van der Waals surface area contributed by atoms with Crippen LogP contribution in [-0.4, -0.2) is 27.4 Å². The van der Waals surface area contributed by atoms with E-state index in [0.717, 1.165) is 5.69 Å². The Bertz CT molecular complexity index is 1030. The van der Waals surface area contributed by atoms with Crippen molar-refractivity contribution >= 4 is 34.8 Å². The molecule has 1 amide bonds. The molecule has 140 valence electrons. The van der Waals surface area contributed by atoms with Crippen LogP contribution in [0.4, 0.5) is 17.3 Å². The van der Waals surface area contributed by atoms with E-state index < -0.39 is 0 Å². The number of aromatic nitrogens is 2. The molecule has 7 nitrogen and oxygen atoms in total. The van der Waals surface area contributed by atoms with Crippen molar-refractivity contribution in [3.8, 4) is 0 Å². The SMILES string of the molecule is CC(=O)c1ccc(Nc2ncc(C(=O)Nc3cccc(C(C)=O)c3)cn2)cc1. The molecule has 0 spiro atoms. The summed E-state index contributed by atoms with van der Waals surface area (Å²) in [5, 5.41) is 5.72. The summed E-state index contributed by atoms with van der Waals surface area (Å²) in [4.78, 5) is 43.3. The van der Waals surface area contributed by atoms with E-state index >= 15 is 0 Å². The molecule has 0 unspecified atom stereocenters. The summed E-state index contributed by atoms with van der Waals surface area (Å²) in [6.45, 7) is 2.97. The molecular weight excluding hydrogens is 356 g/mol. The van der Waals surface area contributed by atoms with Gasteiger partial charge in [-0.15, -0.1) is 0 Å². The summed E-state index contributed by atoms with van der Waals surface area (Å²) in [7, 11) is 0. The highest BCUT2D eigenvalue weighted by molar-refractivity contribution is 6.04. The molecule has 1 heterocycles. The molecule has 3 aromatic rings. The van der Waals surface area contributed by atoms with Gasteiger partial charge in [-0.2, -0.15) is 0 Å². The molecule has 0 aliphatic carbocycles. The van der Waals surface area contributed by atoms with Crippen molar-refractivity contribution in [3.63, 3.8) is 0 Å². The summed E-state index contributed by atoms with van der Waals surface area (Å²) in [5.41, 5.74) is 2.66. The van der Waals surface area contributed by atoms with Gasteiger partial charge in [0.1, 0.15) is 0 Å². The summed E-state index contributed by atoms with van der Waals surface area (Å²) in [6.07, 6.45) is 2.81. The first-order chi connectivity index (χ1) is 13.4. The van der Waals surface area contributed by atoms with E-state index in [4.69, 9.17) is 0 Å². The summed E-state index contributed by atoms with van der Waals surface area (Å²) >= 11 is 0. The van der Waals surface area contributed by atoms with Gasteiger partial charge in [0.15, 0.2) is 11.6 Å². The van der Waals surface area contributed by atoms with Gasteiger partial charge in [-0.3, -0.25) is 14.4 Å². The van der Waals surface area contributed by atoms with E-state index in [1.165, 1.54) is 26.2 Å². The second-order valence-corrected chi connectivity index (χ2v) is 6.14. The number of carbonyl (C=O) groups is 3. The van der Waals surface area contributed by atoms with Gasteiger partial charge in [0.25, 0.3) is 5.91 Å². The van der Waals surface area contributed by atoms with Crippen molar-refractivity contribution in [3.05, 3.63) is 77.6 Å². The smallest absolute Gasteiger partial charge is 0.258 e. The van der Waals surface area contributed by atoms with Crippen molar-refractivity contribution in [1.82, 2.24) is 9.97 Å². The zero-order chi connectivity index (χ0) is 20.1. The Balaban J connectivity index is 1.66. The van der Waals surface area contributed by atoms with E-state index in [1.807, 2.05) is 0 Å². The molecule has 0 saturated carbocycles. The second kappa shape index (κ2) is 8.22. The normalized spacial score (nSPS) is 10.2. The lowest BCUT2D eigenvalue weighted by atomic mass is 10.1. The van der Waals surface area contributed by atoms with Crippen LogP contribution < -0.4 is 10.6 Å². The van der Waals surface area contributed by atoms with Crippen LogP contribution in [-0.2, 0) is 0 Å². The lowest BCUT2D eigenvalue weighted by molar-refractivity contribution is 0.100. The van der Waals surface area contributed by atoms with E-state index in [-0.39, 0.29) is 23.0 Å². The maximum absolute atomic E-state index is 12.3. The van der Waals surface area contributed by atoms with Crippen LogP contribution in [0.3, 0.4) is 0 Å². The van der Waals surface area contributed by atoms with Gasteiger partial charge >= 0.3 is 0 Å². The van der Waals surface area contributed by atoms with Gasteiger partial charge in [-0.1, -0.05) is 12.1 Å². The quantitative estimate of drug-likeness (QED) is 0.635. The molecule has 0 aliphatic heterocycles. The first kappa shape index (κ1) is 18.9. The molecule has 0 atom stereocenters. The summed E-state index contributed by atoms with van der Waals surface area (Å²) < 4.78 is 0. The monoisotopic (exact) mass is 374 g/mol. The number of nitrogens with one attached hydrogen (secondary N) is 2. The number of amides is 1. The van der Waals surface area contributed by atoms with Crippen molar-refractivity contribution in [2.45, 2.75) is 13.8 Å². The number of anilines is 3. The molecular formula is C21H18N4O3. The Morgan fingerprint density at radius 1 is 0.750 bits per heavy atom. The highest BCUT2D eigenvalue weighted by atomic mass is 16.1. The topological polar surface area (TPSA) is 101 Å². The van der Waals surface area contributed by atoms with Crippen LogP contribution in [0.1, 0.15) is 44.9 Å². The van der Waals surface area contributed by atoms with Gasteiger partial charge in [-0.05, 0) is 50.2 Å². The number of nitrogens with zero attached hydrogens (tertiary/aromatic N) is 2. The molecule has 3 rings (SSSR count). The molecule has 0 bridgehead atoms. The fourth-order valence-corrected chi connectivity index (χ4v) is 2.45. The molecule has 0 saturated heterocycles. The van der Waals surface area contributed by atoms with Crippen molar-refractivity contribution < 1.29 is 14.4 Å². The number of Topliss-reactive ketones (excluding diaryl/α,β-unsaturated/α-hetero) is 2. The summed E-state index contributed by atoms with van der Waals surface area (Å²) in [6, 6.07) is 13.6. The number of hydrogen-bond acceptors (Lipinski definition) is 6.